The summed E-state index contributed by atoms with van der Waals surface area (Å²) in [4.78, 5) is 11.3. The summed E-state index contributed by atoms with van der Waals surface area (Å²) in [6.45, 7) is 7.45. The predicted molar refractivity (Wildman–Crippen MR) is 105 cm³/mol. The van der Waals surface area contributed by atoms with Gasteiger partial charge in [0.2, 0.25) is 0 Å². The molecule has 2 rings (SSSR count). The van der Waals surface area contributed by atoms with Crippen LogP contribution >= 0.6 is 11.8 Å². The van der Waals surface area contributed by atoms with Crippen LogP contribution in [0, 0.1) is 17.0 Å². The molecule has 0 saturated carbocycles. The molecule has 1 aromatic rings. The van der Waals surface area contributed by atoms with Crippen LogP contribution < -0.4 is 16.2 Å². The van der Waals surface area contributed by atoms with Crippen LogP contribution in [0.15, 0.2) is 52.8 Å². The van der Waals surface area contributed by atoms with Crippen molar-refractivity contribution in [1.29, 1.82) is 0 Å². The maximum Gasteiger partial charge on any atom is 0.275 e. The second-order valence-corrected chi connectivity index (χ2v) is 7.10. The van der Waals surface area contributed by atoms with E-state index in [9.17, 15) is 10.1 Å². The van der Waals surface area contributed by atoms with Gasteiger partial charge in [0.25, 0.3) is 6.20 Å². The molecule has 1 aliphatic heterocycles. The van der Waals surface area contributed by atoms with E-state index >= 15 is 0 Å². The van der Waals surface area contributed by atoms with Gasteiger partial charge in [-0.15, -0.1) is 0 Å². The van der Waals surface area contributed by atoms with E-state index in [0.717, 1.165) is 42.5 Å². The van der Waals surface area contributed by atoms with Gasteiger partial charge in [-0.3, -0.25) is 21.0 Å². The summed E-state index contributed by atoms with van der Waals surface area (Å²) in [7, 11) is 0. The Morgan fingerprint density at radius 2 is 2.26 bits per heavy atom. The fourth-order valence-electron chi connectivity index (χ4n) is 2.41. The molecule has 0 aromatic heterocycles. The van der Waals surface area contributed by atoms with Gasteiger partial charge in [-0.25, -0.2) is 0 Å². The molecule has 0 spiro atoms. The molecule has 0 radical (unpaired) electrons. The molecule has 27 heavy (non-hydrogen) atoms. The highest BCUT2D eigenvalue weighted by atomic mass is 32.2. The van der Waals surface area contributed by atoms with Crippen LogP contribution in [0.5, 0.6) is 0 Å². The number of hydrazine groups is 1. The highest BCUT2D eigenvalue weighted by Crippen LogP contribution is 2.26. The van der Waals surface area contributed by atoms with Crippen molar-refractivity contribution >= 4 is 11.8 Å². The van der Waals surface area contributed by atoms with Gasteiger partial charge in [0, 0.05) is 18.0 Å². The van der Waals surface area contributed by atoms with E-state index in [1.807, 2.05) is 31.2 Å². The lowest BCUT2D eigenvalue weighted by Crippen LogP contribution is -2.38. The van der Waals surface area contributed by atoms with E-state index in [-0.39, 0.29) is 12.1 Å². The molecule has 148 valence electrons. The fourth-order valence-corrected chi connectivity index (χ4v) is 3.16. The minimum Gasteiger partial charge on any atom is -0.363 e. The molecule has 3 N–H and O–H groups in total. The van der Waals surface area contributed by atoms with Crippen molar-refractivity contribution in [2.75, 3.05) is 19.8 Å². The number of nitro groups is 1. The van der Waals surface area contributed by atoms with E-state index in [2.05, 4.69) is 22.7 Å². The third-order valence-corrected chi connectivity index (χ3v) is 4.78. The van der Waals surface area contributed by atoms with Gasteiger partial charge >= 0.3 is 0 Å². The Bertz CT molecular complexity index is 663. The fraction of sp³-hybridized carbons (Fsp3) is 0.444. The van der Waals surface area contributed by atoms with Crippen LogP contribution in [0.1, 0.15) is 24.8 Å². The van der Waals surface area contributed by atoms with Gasteiger partial charge < -0.3 is 14.8 Å². The van der Waals surface area contributed by atoms with Crippen LogP contribution in [0.25, 0.3) is 0 Å². The van der Waals surface area contributed by atoms with Gasteiger partial charge in [0.1, 0.15) is 0 Å². The van der Waals surface area contributed by atoms with E-state index in [1.165, 1.54) is 11.8 Å². The highest BCUT2D eigenvalue weighted by molar-refractivity contribution is 8.03. The second-order valence-electron chi connectivity index (χ2n) is 5.96. The Balaban J connectivity index is 1.74. The number of ether oxygens (including phenoxy) is 2. The highest BCUT2D eigenvalue weighted by Gasteiger charge is 2.13. The zero-order chi connectivity index (χ0) is 19.5. The molecule has 1 unspecified atom stereocenters. The Hall–Kier alpha value is -2.23. The van der Waals surface area contributed by atoms with Crippen LogP contribution in [0.3, 0.4) is 0 Å². The summed E-state index contributed by atoms with van der Waals surface area (Å²) < 4.78 is 11.1. The molecule has 1 aromatic carbocycles. The predicted octanol–water partition coefficient (Wildman–Crippen LogP) is 2.86. The van der Waals surface area contributed by atoms with E-state index < -0.39 is 4.92 Å². The van der Waals surface area contributed by atoms with Gasteiger partial charge in [-0.2, -0.15) is 0 Å². The second kappa shape index (κ2) is 11.5. The Morgan fingerprint density at radius 1 is 1.44 bits per heavy atom. The number of rotatable bonds is 11. The van der Waals surface area contributed by atoms with Gasteiger partial charge in [-0.05, 0) is 37.8 Å². The van der Waals surface area contributed by atoms with Crippen molar-refractivity contribution in [3.05, 3.63) is 63.6 Å². The average molecular weight is 394 g/mol. The maximum absolute atomic E-state index is 10.8. The smallest absolute Gasteiger partial charge is 0.275 e. The molecule has 0 amide bonds. The summed E-state index contributed by atoms with van der Waals surface area (Å²) in [6.07, 6.45) is 3.72. The molecule has 8 nitrogen and oxygen atoms in total. The minimum atomic E-state index is -0.528. The quantitative estimate of drug-likeness (QED) is 0.228. The monoisotopic (exact) mass is 394 g/mol. The van der Waals surface area contributed by atoms with Crippen LogP contribution in [-0.4, -0.2) is 31.0 Å². The molecule has 1 heterocycles. The zero-order valence-corrected chi connectivity index (χ0v) is 16.2. The summed E-state index contributed by atoms with van der Waals surface area (Å²) in [5, 5.41) is 14.4. The third-order valence-electron chi connectivity index (χ3n) is 3.76. The number of benzene rings is 1. The molecule has 0 bridgehead atoms. The Morgan fingerprint density at radius 3 is 2.96 bits per heavy atom. The van der Waals surface area contributed by atoms with Crippen molar-refractivity contribution in [3.8, 4) is 0 Å². The molecule has 1 atom stereocenters. The first-order valence-electron chi connectivity index (χ1n) is 8.81. The number of hydrogen-bond acceptors (Lipinski definition) is 8. The lowest BCUT2D eigenvalue weighted by Gasteiger charge is -2.23. The van der Waals surface area contributed by atoms with Crippen molar-refractivity contribution in [3.63, 3.8) is 0 Å². The van der Waals surface area contributed by atoms with Crippen LogP contribution in [0.2, 0.25) is 0 Å². The first kappa shape index (κ1) is 21.1. The Labute approximate surface area is 163 Å². The minimum absolute atomic E-state index is 0.181. The number of hydrogen-bond donors (Lipinski definition) is 3. The molecular formula is C18H26N4O4S. The largest absolute Gasteiger partial charge is 0.363 e. The van der Waals surface area contributed by atoms with E-state index in [4.69, 9.17) is 9.47 Å². The molecule has 1 aliphatic rings. The number of nitrogens with one attached hydrogen (secondary N) is 3. The van der Waals surface area contributed by atoms with Gasteiger partial charge in [0.05, 0.1) is 16.6 Å². The topological polar surface area (TPSA) is 97.7 Å². The normalized spacial score (nSPS) is 17.2. The number of nitrogens with zero attached hydrogens (tertiary/aromatic N) is 1. The molecule has 1 fully saturated rings. The lowest BCUT2D eigenvalue weighted by molar-refractivity contribution is -0.404. The molecule has 9 heteroatoms. The lowest BCUT2D eigenvalue weighted by atomic mass is 10.2. The van der Waals surface area contributed by atoms with Crippen molar-refractivity contribution in [2.45, 2.75) is 37.4 Å². The Kier molecular flexibility index (Phi) is 8.96. The van der Waals surface area contributed by atoms with Crippen LogP contribution in [0.4, 0.5) is 0 Å². The average Bonchev–Trinajstić information content (AvgIpc) is 2.65. The summed E-state index contributed by atoms with van der Waals surface area (Å²) in [6, 6.07) is 7.92. The van der Waals surface area contributed by atoms with E-state index in [1.54, 1.807) is 0 Å². The van der Waals surface area contributed by atoms with Gasteiger partial charge in [0.15, 0.2) is 12.1 Å². The summed E-state index contributed by atoms with van der Waals surface area (Å²) >= 11 is 1.44. The maximum atomic E-state index is 10.8. The van der Waals surface area contributed by atoms with Crippen molar-refractivity contribution in [2.24, 2.45) is 0 Å². The van der Waals surface area contributed by atoms with Crippen molar-refractivity contribution < 1.29 is 14.4 Å². The molecule has 0 aliphatic carbocycles. The van der Waals surface area contributed by atoms with Crippen LogP contribution in [-0.2, 0) is 9.47 Å². The van der Waals surface area contributed by atoms with Gasteiger partial charge in [-0.1, -0.05) is 36.5 Å². The summed E-state index contributed by atoms with van der Waals surface area (Å²) in [5.74, 6) is 0.222. The standard InChI is InChI=1S/C18H26N4O4S/c1-14-7-3-4-8-16(14)27-15(2)20-21-17(13-22(23)24)19-10-12-26-18-9-5-6-11-25-18/h3-4,7-8,13,18-21H,2,5-6,9-12H2,1H3/b17-13-. The number of thioether (sulfide) groups is 1. The first-order valence-corrected chi connectivity index (χ1v) is 9.63. The molecular weight excluding hydrogens is 368 g/mol. The number of aryl methyl sites for hydroxylation is 1. The first-order chi connectivity index (χ1) is 13.0. The summed E-state index contributed by atoms with van der Waals surface area (Å²) in [5.41, 5.74) is 6.78. The third kappa shape index (κ3) is 8.33. The van der Waals surface area contributed by atoms with Crippen molar-refractivity contribution in [1.82, 2.24) is 16.2 Å². The zero-order valence-electron chi connectivity index (χ0n) is 15.4. The van der Waals surface area contributed by atoms with E-state index in [0.29, 0.717) is 18.2 Å². The molecule has 1 saturated heterocycles. The SMILES string of the molecule is C=C(NN/C(=C\[N+](=O)[O-])NCCOC1CCCCO1)Sc1ccccc1C.